The number of thiol groups is 1. The van der Waals surface area contributed by atoms with E-state index in [9.17, 15) is 4.79 Å². The molecule has 1 aliphatic heterocycles. The predicted molar refractivity (Wildman–Crippen MR) is 51.6 cm³/mol. The van der Waals surface area contributed by atoms with Gasteiger partial charge in [-0.05, 0) is 6.07 Å². The zero-order valence-electron chi connectivity index (χ0n) is 6.73. The van der Waals surface area contributed by atoms with E-state index in [-0.39, 0.29) is 12.1 Å². The molecule has 1 aromatic rings. The second-order valence-electron chi connectivity index (χ2n) is 2.73. The van der Waals surface area contributed by atoms with Gasteiger partial charge in [0, 0.05) is 10.3 Å². The second-order valence-corrected chi connectivity index (χ2v) is 4.16. The number of carbonyl (C=O) groups is 1. The molecule has 5 heteroatoms. The lowest BCUT2D eigenvalue weighted by Gasteiger charge is -2.25. The largest absolute Gasteiger partial charge is 0.453 e. The third-order valence-electron chi connectivity index (χ3n) is 1.67. The molecule has 1 aliphatic rings. The summed E-state index contributed by atoms with van der Waals surface area (Å²) in [5.41, 5.74) is 0. The molecule has 1 saturated heterocycles. The Bertz CT molecular complexity index is 317. The molecule has 1 fully saturated rings. The van der Waals surface area contributed by atoms with E-state index in [0.29, 0.717) is 18.1 Å². The van der Waals surface area contributed by atoms with Crippen molar-refractivity contribution in [3.8, 4) is 0 Å². The van der Waals surface area contributed by atoms with E-state index in [4.69, 9.17) is 9.47 Å². The topological polar surface area (TPSA) is 35.5 Å². The van der Waals surface area contributed by atoms with Crippen molar-refractivity contribution in [2.45, 2.75) is 11.0 Å². The maximum atomic E-state index is 11.4. The molecule has 0 radical (unpaired) electrons. The molecule has 0 aliphatic carbocycles. The van der Waals surface area contributed by atoms with Gasteiger partial charge in [-0.25, -0.2) is 4.79 Å². The molecule has 0 bridgehead atoms. The van der Waals surface area contributed by atoms with E-state index in [1.807, 2.05) is 0 Å². The fraction of sp³-hybridized carbons (Fsp3) is 0.375. The summed E-state index contributed by atoms with van der Waals surface area (Å²) in [5.74, 6) is -0.279. The summed E-state index contributed by atoms with van der Waals surface area (Å²) >= 11 is 5.45. The monoisotopic (exact) mass is 216 g/mol. The van der Waals surface area contributed by atoms with Crippen molar-refractivity contribution < 1.29 is 14.3 Å². The molecular formula is C8H8O3S2. The first-order valence-corrected chi connectivity index (χ1v) is 5.14. The number of esters is 1. The quantitative estimate of drug-likeness (QED) is 0.602. The maximum absolute atomic E-state index is 11.4. The Hall–Kier alpha value is -0.520. The Morgan fingerprint density at radius 2 is 2.46 bits per heavy atom. The SMILES string of the molecule is O=C(OC1COC1)c1cc(S)cs1. The van der Waals surface area contributed by atoms with Gasteiger partial charge >= 0.3 is 5.97 Å². The average molecular weight is 216 g/mol. The Balaban J connectivity index is 1.96. The molecule has 2 rings (SSSR count). The number of carbonyl (C=O) groups excluding carboxylic acids is 1. The second kappa shape index (κ2) is 3.69. The summed E-state index contributed by atoms with van der Waals surface area (Å²) in [7, 11) is 0. The third kappa shape index (κ3) is 2.04. The first-order chi connectivity index (χ1) is 6.25. The highest BCUT2D eigenvalue weighted by atomic mass is 32.1. The zero-order valence-corrected chi connectivity index (χ0v) is 8.44. The van der Waals surface area contributed by atoms with E-state index in [2.05, 4.69) is 12.6 Å². The van der Waals surface area contributed by atoms with Crippen molar-refractivity contribution in [1.82, 2.24) is 0 Å². The summed E-state index contributed by atoms with van der Waals surface area (Å²) in [6.45, 7) is 1.04. The van der Waals surface area contributed by atoms with Crippen molar-refractivity contribution in [1.29, 1.82) is 0 Å². The number of rotatable bonds is 2. The number of thiophene rings is 1. The van der Waals surface area contributed by atoms with Crippen molar-refractivity contribution >= 4 is 29.9 Å². The first kappa shape index (κ1) is 9.05. The smallest absolute Gasteiger partial charge is 0.348 e. The van der Waals surface area contributed by atoms with Crippen molar-refractivity contribution in [3.63, 3.8) is 0 Å². The minimum Gasteiger partial charge on any atom is -0.453 e. The first-order valence-electron chi connectivity index (χ1n) is 3.82. The lowest BCUT2D eigenvalue weighted by Crippen LogP contribution is -2.37. The Morgan fingerprint density at radius 1 is 1.69 bits per heavy atom. The van der Waals surface area contributed by atoms with Crippen molar-refractivity contribution in [3.05, 3.63) is 16.3 Å². The minimum absolute atomic E-state index is 0.0574. The van der Waals surface area contributed by atoms with Crippen molar-refractivity contribution in [2.24, 2.45) is 0 Å². The standard InChI is InChI=1S/C8H8O3S2/c9-8(11-5-2-10-3-5)7-1-6(12)4-13-7/h1,4-5,12H,2-3H2. The Morgan fingerprint density at radius 3 is 2.92 bits per heavy atom. The van der Waals surface area contributed by atoms with Gasteiger partial charge in [-0.3, -0.25) is 0 Å². The number of hydrogen-bond acceptors (Lipinski definition) is 5. The van der Waals surface area contributed by atoms with Gasteiger partial charge in [0.1, 0.15) is 11.0 Å². The zero-order chi connectivity index (χ0) is 9.26. The fourth-order valence-electron chi connectivity index (χ4n) is 0.925. The highest BCUT2D eigenvalue weighted by Gasteiger charge is 2.23. The van der Waals surface area contributed by atoms with Crippen LogP contribution in [-0.4, -0.2) is 25.3 Å². The van der Waals surface area contributed by atoms with E-state index in [0.717, 1.165) is 4.90 Å². The molecule has 3 nitrogen and oxygen atoms in total. The highest BCUT2D eigenvalue weighted by molar-refractivity contribution is 7.80. The normalized spacial score (nSPS) is 16.7. The summed E-state index contributed by atoms with van der Waals surface area (Å²) in [6.07, 6.45) is -0.0574. The van der Waals surface area contributed by atoms with E-state index in [1.165, 1.54) is 11.3 Å². The van der Waals surface area contributed by atoms with Gasteiger partial charge in [0.25, 0.3) is 0 Å². The van der Waals surface area contributed by atoms with E-state index < -0.39 is 0 Å². The van der Waals surface area contributed by atoms with Crippen LogP contribution in [0.15, 0.2) is 16.3 Å². The Kier molecular flexibility index (Phi) is 2.57. The molecule has 0 atom stereocenters. The van der Waals surface area contributed by atoms with Crippen LogP contribution in [0.1, 0.15) is 9.67 Å². The van der Waals surface area contributed by atoms with Gasteiger partial charge < -0.3 is 9.47 Å². The van der Waals surface area contributed by atoms with Crippen LogP contribution in [0.4, 0.5) is 0 Å². The summed E-state index contributed by atoms with van der Waals surface area (Å²) in [4.78, 5) is 12.7. The molecule has 0 saturated carbocycles. The van der Waals surface area contributed by atoms with Gasteiger partial charge in [-0.2, -0.15) is 0 Å². The fourth-order valence-corrected chi connectivity index (χ4v) is 1.95. The number of hydrogen-bond donors (Lipinski definition) is 1. The van der Waals surface area contributed by atoms with Gasteiger partial charge in [-0.1, -0.05) is 0 Å². The molecule has 70 valence electrons. The molecule has 0 amide bonds. The summed E-state index contributed by atoms with van der Waals surface area (Å²) in [5, 5.41) is 1.80. The highest BCUT2D eigenvalue weighted by Crippen LogP contribution is 2.19. The predicted octanol–water partition coefficient (Wildman–Crippen LogP) is 1.59. The minimum atomic E-state index is -0.279. The van der Waals surface area contributed by atoms with Gasteiger partial charge in [0.2, 0.25) is 0 Å². The van der Waals surface area contributed by atoms with Crippen LogP contribution in [0.25, 0.3) is 0 Å². The van der Waals surface area contributed by atoms with Crippen LogP contribution in [0.3, 0.4) is 0 Å². The lowest BCUT2D eigenvalue weighted by atomic mass is 10.3. The van der Waals surface area contributed by atoms with Crippen LogP contribution >= 0.6 is 24.0 Å². The molecule has 2 heterocycles. The van der Waals surface area contributed by atoms with Crippen LogP contribution in [-0.2, 0) is 9.47 Å². The van der Waals surface area contributed by atoms with Crippen LogP contribution in [0, 0.1) is 0 Å². The van der Waals surface area contributed by atoms with Crippen LogP contribution in [0.5, 0.6) is 0 Å². The molecule has 0 unspecified atom stereocenters. The lowest BCUT2D eigenvalue weighted by molar-refractivity contribution is -0.103. The molecule has 0 N–H and O–H groups in total. The van der Waals surface area contributed by atoms with Crippen LogP contribution < -0.4 is 0 Å². The van der Waals surface area contributed by atoms with Gasteiger partial charge in [0.05, 0.1) is 13.2 Å². The average Bonchev–Trinajstić information content (AvgIpc) is 2.44. The summed E-state index contributed by atoms with van der Waals surface area (Å²) < 4.78 is 9.99. The summed E-state index contributed by atoms with van der Waals surface area (Å²) in [6, 6.07) is 1.70. The maximum Gasteiger partial charge on any atom is 0.348 e. The van der Waals surface area contributed by atoms with Gasteiger partial charge in [-0.15, -0.1) is 24.0 Å². The molecule has 0 spiro atoms. The van der Waals surface area contributed by atoms with Gasteiger partial charge in [0.15, 0.2) is 0 Å². The van der Waals surface area contributed by atoms with Crippen molar-refractivity contribution in [2.75, 3.05) is 13.2 Å². The van der Waals surface area contributed by atoms with E-state index in [1.54, 1.807) is 11.4 Å². The Labute approximate surface area is 85.1 Å². The third-order valence-corrected chi connectivity index (χ3v) is 3.01. The molecule has 0 aromatic carbocycles. The molecular weight excluding hydrogens is 208 g/mol. The molecule has 13 heavy (non-hydrogen) atoms. The van der Waals surface area contributed by atoms with E-state index >= 15 is 0 Å². The van der Waals surface area contributed by atoms with Crippen LogP contribution in [0.2, 0.25) is 0 Å². The molecule has 1 aromatic heterocycles. The number of ether oxygens (including phenoxy) is 2.